The summed E-state index contributed by atoms with van der Waals surface area (Å²) < 4.78 is 43.3. The number of aryl methyl sites for hydroxylation is 1. The van der Waals surface area contributed by atoms with Crippen LogP contribution in [0.15, 0.2) is 48.7 Å². The number of fused-ring (bicyclic) bond motifs is 1. The van der Waals surface area contributed by atoms with Crippen LogP contribution in [-0.2, 0) is 12.1 Å². The zero-order valence-electron chi connectivity index (χ0n) is 18.3. The van der Waals surface area contributed by atoms with Gasteiger partial charge in [0.05, 0.1) is 29.8 Å². The van der Waals surface area contributed by atoms with Gasteiger partial charge in [0.2, 0.25) is 0 Å². The van der Waals surface area contributed by atoms with E-state index in [4.69, 9.17) is 4.74 Å². The highest BCUT2D eigenvalue weighted by Crippen LogP contribution is 2.38. The molecule has 0 aliphatic carbocycles. The molecular formula is C24H22F3N3O3. The third-order valence-corrected chi connectivity index (χ3v) is 5.26. The second-order valence-electron chi connectivity index (χ2n) is 8.39. The molecule has 0 saturated heterocycles. The first kappa shape index (κ1) is 22.7. The van der Waals surface area contributed by atoms with Gasteiger partial charge in [-0.25, -0.2) is 0 Å². The van der Waals surface area contributed by atoms with Crippen molar-refractivity contribution in [2.75, 3.05) is 11.5 Å². The van der Waals surface area contributed by atoms with E-state index in [-0.39, 0.29) is 18.2 Å². The molecule has 0 radical (unpaired) electrons. The number of nitrogens with zero attached hydrogens (tertiary/aromatic N) is 3. The Morgan fingerprint density at radius 1 is 1.12 bits per heavy atom. The highest BCUT2D eigenvalue weighted by atomic mass is 19.4. The number of pyridine rings is 2. The summed E-state index contributed by atoms with van der Waals surface area (Å²) in [7, 11) is 0. The lowest BCUT2D eigenvalue weighted by molar-refractivity contribution is -0.153. The summed E-state index contributed by atoms with van der Waals surface area (Å²) in [5.74, 6) is -0.222. The first-order chi connectivity index (χ1) is 15.4. The molecule has 172 valence electrons. The quantitative estimate of drug-likeness (QED) is 0.597. The lowest BCUT2D eigenvalue weighted by atomic mass is 10.0. The Labute approximate surface area is 188 Å². The Hall–Kier alpha value is -3.46. The summed E-state index contributed by atoms with van der Waals surface area (Å²) in [4.78, 5) is 23.5. The molecule has 9 heteroatoms. The van der Waals surface area contributed by atoms with Gasteiger partial charge in [-0.05, 0) is 51.1 Å². The average molecular weight is 457 g/mol. The van der Waals surface area contributed by atoms with Crippen molar-refractivity contribution < 1.29 is 27.8 Å². The van der Waals surface area contributed by atoms with Gasteiger partial charge in [0.1, 0.15) is 11.4 Å². The molecule has 1 aromatic carbocycles. The maximum absolute atomic E-state index is 13.2. The summed E-state index contributed by atoms with van der Waals surface area (Å²) >= 11 is 0. The molecule has 0 spiro atoms. The number of halogens is 3. The summed E-state index contributed by atoms with van der Waals surface area (Å²) in [5.41, 5.74) is 2.24. The van der Waals surface area contributed by atoms with Crippen LogP contribution in [0.4, 0.5) is 18.9 Å². The molecule has 6 nitrogen and oxygen atoms in total. The molecule has 0 fully saturated rings. The van der Waals surface area contributed by atoms with Crippen LogP contribution in [0.2, 0.25) is 0 Å². The van der Waals surface area contributed by atoms with E-state index < -0.39 is 18.4 Å². The van der Waals surface area contributed by atoms with Crippen molar-refractivity contribution in [1.29, 1.82) is 0 Å². The van der Waals surface area contributed by atoms with Gasteiger partial charge in [0.25, 0.3) is 5.91 Å². The molecule has 1 aliphatic heterocycles. The van der Waals surface area contributed by atoms with E-state index in [1.54, 1.807) is 57.2 Å². The number of hydrogen-bond acceptors (Lipinski definition) is 5. The second kappa shape index (κ2) is 8.15. The molecule has 0 saturated carbocycles. The monoisotopic (exact) mass is 457 g/mol. The zero-order valence-corrected chi connectivity index (χ0v) is 18.3. The topological polar surface area (TPSA) is 75.6 Å². The van der Waals surface area contributed by atoms with Crippen molar-refractivity contribution in [3.05, 3.63) is 71.2 Å². The summed E-state index contributed by atoms with van der Waals surface area (Å²) in [5, 5.41) is 10.1. The van der Waals surface area contributed by atoms with Gasteiger partial charge in [-0.2, -0.15) is 13.2 Å². The first-order valence-electron chi connectivity index (χ1n) is 10.2. The lowest BCUT2D eigenvalue weighted by Gasteiger charge is -2.19. The third-order valence-electron chi connectivity index (χ3n) is 5.26. The van der Waals surface area contributed by atoms with E-state index in [0.717, 1.165) is 0 Å². The molecular weight excluding hydrogens is 435 g/mol. The van der Waals surface area contributed by atoms with Gasteiger partial charge in [0, 0.05) is 22.4 Å². The second-order valence-corrected chi connectivity index (χ2v) is 8.39. The molecule has 1 amide bonds. The average Bonchev–Trinajstić information content (AvgIpc) is 3.07. The minimum absolute atomic E-state index is 0.0391. The van der Waals surface area contributed by atoms with Crippen LogP contribution in [0.3, 0.4) is 0 Å². The largest absolute Gasteiger partial charge is 0.483 e. The maximum Gasteiger partial charge on any atom is 0.422 e. The maximum atomic E-state index is 13.2. The molecule has 1 N–H and O–H groups in total. The number of ether oxygens (including phenoxy) is 1. The zero-order chi connectivity index (χ0) is 24.0. The minimum atomic E-state index is -4.48. The van der Waals surface area contributed by atoms with Crippen molar-refractivity contribution in [3.8, 4) is 17.0 Å². The van der Waals surface area contributed by atoms with Gasteiger partial charge in [-0.1, -0.05) is 12.1 Å². The molecule has 0 unspecified atom stereocenters. The number of anilines is 1. The fourth-order valence-electron chi connectivity index (χ4n) is 3.71. The highest BCUT2D eigenvalue weighted by molar-refractivity contribution is 6.11. The van der Waals surface area contributed by atoms with Gasteiger partial charge in [-0.3, -0.25) is 14.8 Å². The fourth-order valence-corrected chi connectivity index (χ4v) is 3.71. The van der Waals surface area contributed by atoms with Crippen LogP contribution in [0.25, 0.3) is 11.3 Å². The van der Waals surface area contributed by atoms with Crippen molar-refractivity contribution in [2.24, 2.45) is 0 Å². The number of amides is 1. The Morgan fingerprint density at radius 2 is 1.85 bits per heavy atom. The van der Waals surface area contributed by atoms with Crippen LogP contribution in [0.1, 0.15) is 41.2 Å². The lowest BCUT2D eigenvalue weighted by Crippen LogP contribution is -2.24. The Balaban J connectivity index is 1.73. The van der Waals surface area contributed by atoms with Crippen LogP contribution in [0.5, 0.6) is 5.75 Å². The molecule has 4 rings (SSSR count). The standard InChI is InChI=1S/C24H22F3N3O3/c1-14-10-17-18(12-30(22(17)31)15-8-9-20(28-11-15)23(2,3)32)21(29-14)16-6-4-5-7-19(16)33-13-24(25,26)27/h4-11,32H,12-13H2,1-3H3. The van der Waals surface area contributed by atoms with Gasteiger partial charge in [0.15, 0.2) is 6.61 Å². The summed E-state index contributed by atoms with van der Waals surface area (Å²) in [6.45, 7) is 3.70. The van der Waals surface area contributed by atoms with E-state index in [0.29, 0.717) is 39.5 Å². The van der Waals surface area contributed by atoms with E-state index in [1.165, 1.54) is 17.2 Å². The Kier molecular flexibility index (Phi) is 5.61. The van der Waals surface area contributed by atoms with E-state index >= 15 is 0 Å². The van der Waals surface area contributed by atoms with Crippen LogP contribution >= 0.6 is 0 Å². The van der Waals surface area contributed by atoms with Crippen molar-refractivity contribution in [1.82, 2.24) is 9.97 Å². The fraction of sp³-hybridized carbons (Fsp3) is 0.292. The van der Waals surface area contributed by atoms with Crippen molar-refractivity contribution in [2.45, 2.75) is 39.1 Å². The minimum Gasteiger partial charge on any atom is -0.483 e. The molecule has 3 heterocycles. The summed E-state index contributed by atoms with van der Waals surface area (Å²) in [6.07, 6.45) is -2.97. The highest BCUT2D eigenvalue weighted by Gasteiger charge is 2.34. The van der Waals surface area contributed by atoms with E-state index in [2.05, 4.69) is 9.97 Å². The number of para-hydroxylation sites is 1. The van der Waals surface area contributed by atoms with E-state index in [1.807, 2.05) is 0 Å². The molecule has 33 heavy (non-hydrogen) atoms. The Bertz CT molecular complexity index is 1200. The molecule has 2 aromatic heterocycles. The normalized spacial score (nSPS) is 13.9. The predicted molar refractivity (Wildman–Crippen MR) is 116 cm³/mol. The van der Waals surface area contributed by atoms with Gasteiger partial charge >= 0.3 is 6.18 Å². The molecule has 3 aromatic rings. The first-order valence-corrected chi connectivity index (χ1v) is 10.2. The third kappa shape index (κ3) is 4.68. The number of carbonyl (C=O) groups excluding carboxylic acids is 1. The predicted octanol–water partition coefficient (Wildman–Crippen LogP) is 4.78. The smallest absolute Gasteiger partial charge is 0.422 e. The number of carbonyl (C=O) groups is 1. The molecule has 1 aliphatic rings. The number of benzene rings is 1. The van der Waals surface area contributed by atoms with Gasteiger partial charge < -0.3 is 14.7 Å². The summed E-state index contributed by atoms with van der Waals surface area (Å²) in [6, 6.07) is 11.4. The number of rotatable bonds is 5. The Morgan fingerprint density at radius 3 is 2.48 bits per heavy atom. The van der Waals surface area contributed by atoms with Gasteiger partial charge in [-0.15, -0.1) is 0 Å². The molecule has 0 bridgehead atoms. The van der Waals surface area contributed by atoms with Crippen molar-refractivity contribution in [3.63, 3.8) is 0 Å². The number of aromatic nitrogens is 2. The van der Waals surface area contributed by atoms with Crippen LogP contribution in [-0.4, -0.2) is 33.8 Å². The number of alkyl halides is 3. The SMILES string of the molecule is Cc1cc2c(c(-c3ccccc3OCC(F)(F)F)n1)CN(c1ccc(C(C)(C)O)nc1)C2=O. The number of aliphatic hydroxyl groups is 1. The van der Waals surface area contributed by atoms with Crippen LogP contribution < -0.4 is 9.64 Å². The number of hydrogen-bond donors (Lipinski definition) is 1. The van der Waals surface area contributed by atoms with E-state index in [9.17, 15) is 23.1 Å². The molecule has 0 atom stereocenters. The van der Waals surface area contributed by atoms with Crippen molar-refractivity contribution >= 4 is 11.6 Å². The van der Waals surface area contributed by atoms with Crippen LogP contribution in [0, 0.1) is 6.92 Å².